The maximum absolute atomic E-state index is 11.0. The minimum Gasteiger partial charge on any atom is -0.507 e. The molecule has 0 heterocycles. The summed E-state index contributed by atoms with van der Waals surface area (Å²) in [5.41, 5.74) is 1.83. The Morgan fingerprint density at radius 2 is 1.96 bits per heavy atom. The molecule has 4 N–H and O–H groups in total. The Bertz CT molecular complexity index is 722. The van der Waals surface area contributed by atoms with Crippen LogP contribution in [0.5, 0.6) is 11.5 Å². The maximum Gasteiger partial charge on any atom is 0.221 e. The van der Waals surface area contributed by atoms with Crippen LogP contribution in [0.25, 0.3) is 0 Å². The van der Waals surface area contributed by atoms with E-state index in [1.54, 1.807) is 30.3 Å². The van der Waals surface area contributed by atoms with Crippen molar-refractivity contribution in [2.45, 2.75) is 19.4 Å². The topological polar surface area (TPSA) is 90.8 Å². The highest BCUT2D eigenvalue weighted by Gasteiger charge is 2.06. The molecule has 2 rings (SSSR count). The number of rotatable bonds is 9. The summed E-state index contributed by atoms with van der Waals surface area (Å²) in [6.45, 7) is 2.79. The van der Waals surface area contributed by atoms with Gasteiger partial charge in [0.15, 0.2) is 0 Å². The van der Waals surface area contributed by atoms with Crippen LogP contribution in [0, 0.1) is 3.57 Å². The van der Waals surface area contributed by atoms with Crippen molar-refractivity contribution >= 4 is 34.2 Å². The minimum atomic E-state index is -0.620. The van der Waals surface area contributed by atoms with Crippen LogP contribution in [0.4, 0.5) is 5.69 Å². The van der Waals surface area contributed by atoms with Gasteiger partial charge in [0.2, 0.25) is 5.91 Å². The molecule has 0 aliphatic rings. The molecule has 0 aromatic heterocycles. The summed E-state index contributed by atoms with van der Waals surface area (Å²) in [5.74, 6) is 0.805. The molecule has 26 heavy (non-hydrogen) atoms. The highest BCUT2D eigenvalue weighted by Crippen LogP contribution is 2.20. The van der Waals surface area contributed by atoms with E-state index < -0.39 is 6.10 Å². The summed E-state index contributed by atoms with van der Waals surface area (Å²) in [5, 5.41) is 25.4. The number of carbonyl (C=O) groups excluding carboxylic acids is 1. The molecule has 2 aromatic carbocycles. The summed E-state index contributed by atoms with van der Waals surface area (Å²) in [4.78, 5) is 11.0. The summed E-state index contributed by atoms with van der Waals surface area (Å²) in [7, 11) is 0. The van der Waals surface area contributed by atoms with Gasteiger partial charge in [-0.15, -0.1) is 0 Å². The lowest BCUT2D eigenvalue weighted by Gasteiger charge is -2.14. The van der Waals surface area contributed by atoms with Gasteiger partial charge in [0.25, 0.3) is 0 Å². The zero-order valence-electron chi connectivity index (χ0n) is 14.5. The van der Waals surface area contributed by atoms with Crippen LogP contribution < -0.4 is 15.4 Å². The van der Waals surface area contributed by atoms with Crippen molar-refractivity contribution < 1.29 is 19.7 Å². The Morgan fingerprint density at radius 3 is 2.62 bits per heavy atom. The van der Waals surface area contributed by atoms with Gasteiger partial charge in [-0.2, -0.15) is 0 Å². The second-order valence-corrected chi connectivity index (χ2v) is 7.07. The van der Waals surface area contributed by atoms with Crippen LogP contribution in [0.15, 0.2) is 42.5 Å². The Labute approximate surface area is 166 Å². The summed E-state index contributed by atoms with van der Waals surface area (Å²) >= 11 is 2.10. The third kappa shape index (κ3) is 7.19. The van der Waals surface area contributed by atoms with E-state index in [0.717, 1.165) is 22.1 Å². The number of benzene rings is 2. The Hall–Kier alpha value is -1.84. The van der Waals surface area contributed by atoms with E-state index in [0.29, 0.717) is 23.7 Å². The number of aromatic hydroxyl groups is 1. The van der Waals surface area contributed by atoms with Crippen LogP contribution >= 0.6 is 22.6 Å². The molecule has 0 aliphatic heterocycles. The van der Waals surface area contributed by atoms with Crippen LogP contribution in [-0.4, -0.2) is 41.9 Å². The second-order valence-electron chi connectivity index (χ2n) is 5.91. The van der Waals surface area contributed by atoms with E-state index in [2.05, 4.69) is 33.2 Å². The van der Waals surface area contributed by atoms with Crippen molar-refractivity contribution in [3.63, 3.8) is 0 Å². The summed E-state index contributed by atoms with van der Waals surface area (Å²) < 4.78 is 6.37. The number of amides is 1. The lowest BCUT2D eigenvalue weighted by atomic mass is 10.1. The average molecular weight is 468 g/mol. The average Bonchev–Trinajstić information content (AvgIpc) is 2.60. The quantitative estimate of drug-likeness (QED) is 0.336. The van der Waals surface area contributed by atoms with Gasteiger partial charge in [0.1, 0.15) is 24.2 Å². The van der Waals surface area contributed by atoms with Gasteiger partial charge in [-0.05, 0) is 77.5 Å². The summed E-state index contributed by atoms with van der Waals surface area (Å²) in [6, 6.07) is 12.5. The van der Waals surface area contributed by atoms with Crippen molar-refractivity contribution in [3.05, 3.63) is 51.6 Å². The fraction of sp³-hybridized carbons (Fsp3) is 0.316. The predicted octanol–water partition coefficient (Wildman–Crippen LogP) is 2.53. The number of phenolic OH excluding ortho intramolecular Hbond substituents is 1. The zero-order valence-corrected chi connectivity index (χ0v) is 16.7. The Balaban J connectivity index is 1.64. The Morgan fingerprint density at radius 1 is 1.23 bits per heavy atom. The van der Waals surface area contributed by atoms with Crippen molar-refractivity contribution in [3.8, 4) is 11.5 Å². The molecule has 0 fully saturated rings. The van der Waals surface area contributed by atoms with Crippen molar-refractivity contribution in [2.75, 3.05) is 25.0 Å². The SMILES string of the molecule is CC(=O)Nc1ccc(OCC(O)CNCCc2ccc(O)c([125I])c2)cc1. The normalized spacial score (nSPS) is 11.8. The third-order valence-corrected chi connectivity index (χ3v) is 4.46. The van der Waals surface area contributed by atoms with Crippen LogP contribution in [0.2, 0.25) is 0 Å². The molecule has 1 atom stereocenters. The number of hydrogen-bond acceptors (Lipinski definition) is 5. The van der Waals surface area contributed by atoms with E-state index in [1.807, 2.05) is 12.1 Å². The lowest BCUT2D eigenvalue weighted by molar-refractivity contribution is -0.114. The second kappa shape index (κ2) is 10.3. The maximum atomic E-state index is 11.0. The molecular formula is C19H23IN2O4. The first-order chi connectivity index (χ1) is 12.4. The van der Waals surface area contributed by atoms with E-state index in [1.165, 1.54) is 6.92 Å². The fourth-order valence-electron chi connectivity index (χ4n) is 2.30. The van der Waals surface area contributed by atoms with E-state index in [9.17, 15) is 15.0 Å². The standard InChI is InChI=1S/C19H23IN2O4/c1-13(23)22-15-3-5-17(6-4-15)26-12-16(24)11-21-9-8-14-2-7-19(25)18(20)10-14/h2-7,10,16,21,24-25H,8-9,11-12H2,1H3,(H,22,23)/i20-2. The van der Waals surface area contributed by atoms with Gasteiger partial charge >= 0.3 is 0 Å². The Kier molecular flexibility index (Phi) is 8.14. The van der Waals surface area contributed by atoms with Crippen LogP contribution in [0.3, 0.4) is 0 Å². The first kappa shape index (κ1) is 20.5. The molecule has 0 saturated heterocycles. The highest BCUT2D eigenvalue weighted by molar-refractivity contribution is 14.1. The number of aliphatic hydroxyl groups is 1. The lowest BCUT2D eigenvalue weighted by Crippen LogP contribution is -2.32. The minimum absolute atomic E-state index is 0.123. The van der Waals surface area contributed by atoms with Crippen molar-refractivity contribution in [1.29, 1.82) is 0 Å². The van der Waals surface area contributed by atoms with Crippen LogP contribution in [0.1, 0.15) is 12.5 Å². The molecule has 0 bridgehead atoms. The van der Waals surface area contributed by atoms with E-state index in [-0.39, 0.29) is 12.5 Å². The van der Waals surface area contributed by atoms with Gasteiger partial charge < -0.3 is 25.6 Å². The van der Waals surface area contributed by atoms with Crippen LogP contribution in [-0.2, 0) is 11.2 Å². The molecule has 140 valence electrons. The molecule has 7 heteroatoms. The molecule has 1 unspecified atom stereocenters. The number of nitrogens with one attached hydrogen (secondary N) is 2. The molecular weight excluding hydrogens is 445 g/mol. The van der Waals surface area contributed by atoms with Gasteiger partial charge in [0.05, 0.1) is 3.57 Å². The van der Waals surface area contributed by atoms with Crippen molar-refractivity contribution in [2.24, 2.45) is 0 Å². The molecule has 6 nitrogen and oxygen atoms in total. The molecule has 0 aliphatic carbocycles. The number of aliphatic hydroxyl groups excluding tert-OH is 1. The number of hydrogen-bond donors (Lipinski definition) is 4. The first-order valence-electron chi connectivity index (χ1n) is 8.30. The number of ether oxygens (including phenoxy) is 1. The predicted molar refractivity (Wildman–Crippen MR) is 110 cm³/mol. The number of halogens is 1. The van der Waals surface area contributed by atoms with Crippen molar-refractivity contribution in [1.82, 2.24) is 5.32 Å². The van der Waals surface area contributed by atoms with Gasteiger partial charge in [0, 0.05) is 19.2 Å². The smallest absolute Gasteiger partial charge is 0.221 e. The third-order valence-electron chi connectivity index (χ3n) is 3.60. The van der Waals surface area contributed by atoms with Gasteiger partial charge in [-0.25, -0.2) is 0 Å². The molecule has 1 amide bonds. The zero-order chi connectivity index (χ0) is 18.9. The first-order valence-corrected chi connectivity index (χ1v) is 9.38. The molecule has 0 saturated carbocycles. The van der Waals surface area contributed by atoms with Gasteiger partial charge in [-0.1, -0.05) is 6.07 Å². The number of phenols is 1. The number of anilines is 1. The monoisotopic (exact) mass is 468 g/mol. The number of carbonyl (C=O) groups is 1. The molecule has 0 spiro atoms. The molecule has 0 radical (unpaired) electrons. The largest absolute Gasteiger partial charge is 0.507 e. The van der Waals surface area contributed by atoms with Gasteiger partial charge in [-0.3, -0.25) is 4.79 Å². The summed E-state index contributed by atoms with van der Waals surface area (Å²) in [6.07, 6.45) is 0.194. The molecule has 2 aromatic rings. The highest BCUT2D eigenvalue weighted by atomic mass is 125. The fourth-order valence-corrected chi connectivity index (χ4v) is 2.88. The van der Waals surface area contributed by atoms with E-state index >= 15 is 0 Å². The van der Waals surface area contributed by atoms with E-state index in [4.69, 9.17) is 4.74 Å².